The summed E-state index contributed by atoms with van der Waals surface area (Å²) < 4.78 is 36.4. The van der Waals surface area contributed by atoms with Crippen LogP contribution >= 0.6 is 0 Å². The van der Waals surface area contributed by atoms with Crippen molar-refractivity contribution in [2.75, 3.05) is 26.1 Å². The van der Waals surface area contributed by atoms with E-state index < -0.39 is 9.84 Å². The van der Waals surface area contributed by atoms with Crippen molar-refractivity contribution in [3.63, 3.8) is 0 Å². The highest BCUT2D eigenvalue weighted by molar-refractivity contribution is 7.90. The zero-order chi connectivity index (χ0) is 23.0. The molecule has 2 heterocycles. The lowest BCUT2D eigenvalue weighted by Gasteiger charge is -2.26. The van der Waals surface area contributed by atoms with E-state index in [1.807, 2.05) is 0 Å². The van der Waals surface area contributed by atoms with Crippen molar-refractivity contribution < 1.29 is 22.7 Å². The summed E-state index contributed by atoms with van der Waals surface area (Å²) in [6.45, 7) is 3.09. The normalized spacial score (nSPS) is 19.2. The fourth-order valence-corrected chi connectivity index (χ4v) is 5.83. The molecule has 1 amide bonds. The van der Waals surface area contributed by atoms with Crippen LogP contribution < -0.4 is 4.74 Å². The van der Waals surface area contributed by atoms with Gasteiger partial charge in [-0.3, -0.25) is 4.79 Å². The Kier molecular flexibility index (Phi) is 6.18. The zero-order valence-electron chi connectivity index (χ0n) is 19.1. The van der Waals surface area contributed by atoms with Crippen molar-refractivity contribution >= 4 is 15.7 Å². The maximum absolute atomic E-state index is 13.6. The topological polar surface area (TPSA) is 72.9 Å². The van der Waals surface area contributed by atoms with E-state index in [9.17, 15) is 13.2 Å². The second-order valence-electron chi connectivity index (χ2n) is 9.59. The SMILES string of the molecule is CS(=O)(=O)c1cccc(C(=O)N2Cc3ccc(C4CCOCC4)cc3C2)c1OCC1CCC1. The van der Waals surface area contributed by atoms with Crippen LogP contribution in [0.2, 0.25) is 0 Å². The van der Waals surface area contributed by atoms with E-state index in [1.54, 1.807) is 17.0 Å². The highest BCUT2D eigenvalue weighted by Gasteiger charge is 2.30. The van der Waals surface area contributed by atoms with Gasteiger partial charge in [-0.25, -0.2) is 8.42 Å². The average Bonchev–Trinajstić information content (AvgIpc) is 3.21. The van der Waals surface area contributed by atoms with Crippen LogP contribution in [-0.4, -0.2) is 45.3 Å². The van der Waals surface area contributed by atoms with Crippen molar-refractivity contribution in [2.24, 2.45) is 5.92 Å². The van der Waals surface area contributed by atoms with Crippen LogP contribution in [0.4, 0.5) is 0 Å². The number of carbonyl (C=O) groups excluding carboxylic acids is 1. The van der Waals surface area contributed by atoms with Gasteiger partial charge in [0.1, 0.15) is 4.90 Å². The van der Waals surface area contributed by atoms with Gasteiger partial charge in [0.15, 0.2) is 15.6 Å². The second-order valence-corrected chi connectivity index (χ2v) is 11.6. The van der Waals surface area contributed by atoms with E-state index in [4.69, 9.17) is 9.47 Å². The summed E-state index contributed by atoms with van der Waals surface area (Å²) in [5.74, 6) is 0.954. The molecule has 0 unspecified atom stereocenters. The Morgan fingerprint density at radius 3 is 2.52 bits per heavy atom. The molecule has 0 radical (unpaired) electrons. The van der Waals surface area contributed by atoms with Crippen LogP contribution in [0.1, 0.15) is 65.1 Å². The number of para-hydroxylation sites is 1. The molecule has 0 atom stereocenters. The van der Waals surface area contributed by atoms with E-state index in [-0.39, 0.29) is 16.6 Å². The Bertz CT molecular complexity index is 1150. The van der Waals surface area contributed by atoms with Crippen molar-refractivity contribution in [3.05, 3.63) is 58.7 Å². The zero-order valence-corrected chi connectivity index (χ0v) is 19.9. The Morgan fingerprint density at radius 2 is 1.82 bits per heavy atom. The molecule has 6 nitrogen and oxygen atoms in total. The van der Waals surface area contributed by atoms with Crippen LogP contribution in [0.25, 0.3) is 0 Å². The van der Waals surface area contributed by atoms with E-state index in [0.29, 0.717) is 37.1 Å². The van der Waals surface area contributed by atoms with Crippen molar-refractivity contribution in [1.29, 1.82) is 0 Å². The number of benzene rings is 2. The summed E-state index contributed by atoms with van der Waals surface area (Å²) in [5.41, 5.74) is 3.96. The quantitative estimate of drug-likeness (QED) is 0.630. The van der Waals surface area contributed by atoms with Crippen LogP contribution in [0.15, 0.2) is 41.3 Å². The molecule has 33 heavy (non-hydrogen) atoms. The number of carbonyl (C=O) groups is 1. The monoisotopic (exact) mass is 469 g/mol. The third kappa shape index (κ3) is 4.66. The molecule has 176 valence electrons. The predicted molar refractivity (Wildman–Crippen MR) is 125 cm³/mol. The molecule has 1 saturated heterocycles. The Hall–Kier alpha value is -2.38. The number of hydrogen-bond acceptors (Lipinski definition) is 5. The predicted octanol–water partition coefficient (Wildman–Crippen LogP) is 4.32. The molecule has 2 aromatic carbocycles. The summed E-state index contributed by atoms with van der Waals surface area (Å²) >= 11 is 0. The lowest BCUT2D eigenvalue weighted by Crippen LogP contribution is -2.27. The van der Waals surface area contributed by atoms with Crippen LogP contribution in [-0.2, 0) is 27.7 Å². The molecule has 3 aliphatic rings. The molecular weight excluding hydrogens is 438 g/mol. The number of sulfone groups is 1. The van der Waals surface area contributed by atoms with Crippen LogP contribution in [0.5, 0.6) is 5.75 Å². The Labute approximate surface area is 195 Å². The molecule has 1 saturated carbocycles. The lowest BCUT2D eigenvalue weighted by atomic mass is 9.86. The Balaban J connectivity index is 1.39. The van der Waals surface area contributed by atoms with Gasteiger partial charge >= 0.3 is 0 Å². The molecule has 0 bridgehead atoms. The summed E-state index contributed by atoms with van der Waals surface area (Å²) in [4.78, 5) is 15.4. The first kappa shape index (κ1) is 22.4. The minimum absolute atomic E-state index is 0.0891. The molecule has 0 spiro atoms. The number of fused-ring (bicyclic) bond motifs is 1. The van der Waals surface area contributed by atoms with E-state index in [2.05, 4.69) is 18.2 Å². The maximum Gasteiger partial charge on any atom is 0.258 e. The van der Waals surface area contributed by atoms with Gasteiger partial charge in [0.25, 0.3) is 5.91 Å². The largest absolute Gasteiger partial charge is 0.491 e. The van der Waals surface area contributed by atoms with Gasteiger partial charge in [-0.15, -0.1) is 0 Å². The highest BCUT2D eigenvalue weighted by atomic mass is 32.2. The van der Waals surface area contributed by atoms with Crippen molar-refractivity contribution in [1.82, 2.24) is 4.90 Å². The summed E-state index contributed by atoms with van der Waals surface area (Å²) in [6, 6.07) is 11.4. The molecule has 0 aromatic heterocycles. The van der Waals surface area contributed by atoms with E-state index in [1.165, 1.54) is 23.6 Å². The fraction of sp³-hybridized carbons (Fsp3) is 0.500. The standard InChI is InChI=1S/C26H31NO5S/c1-33(29,30)24-7-3-6-23(25(24)32-17-18-4-2-5-18)26(28)27-15-21-9-8-20(14-22(21)16-27)19-10-12-31-13-11-19/h3,6-9,14,18-19H,2,4-5,10-13,15-17H2,1H3. The van der Waals surface area contributed by atoms with Crippen LogP contribution in [0.3, 0.4) is 0 Å². The minimum atomic E-state index is -3.53. The molecule has 5 rings (SSSR count). The average molecular weight is 470 g/mol. The summed E-state index contributed by atoms with van der Waals surface area (Å²) in [5, 5.41) is 0. The van der Waals surface area contributed by atoms with Gasteiger partial charge in [-0.05, 0) is 66.3 Å². The van der Waals surface area contributed by atoms with E-state index in [0.717, 1.165) is 50.7 Å². The second kappa shape index (κ2) is 9.11. The van der Waals surface area contributed by atoms with Gasteiger partial charge in [0.2, 0.25) is 0 Å². The van der Waals surface area contributed by atoms with Gasteiger partial charge in [0.05, 0.1) is 12.2 Å². The number of hydrogen-bond donors (Lipinski definition) is 0. The Morgan fingerprint density at radius 1 is 1.06 bits per heavy atom. The third-order valence-electron chi connectivity index (χ3n) is 7.23. The maximum atomic E-state index is 13.6. The molecule has 2 aliphatic heterocycles. The lowest BCUT2D eigenvalue weighted by molar-refractivity contribution is 0.0743. The van der Waals surface area contributed by atoms with E-state index >= 15 is 0 Å². The number of ether oxygens (including phenoxy) is 2. The van der Waals surface area contributed by atoms with Crippen LogP contribution in [0, 0.1) is 5.92 Å². The number of rotatable bonds is 6. The number of amides is 1. The first-order valence-corrected chi connectivity index (χ1v) is 13.7. The van der Waals surface area contributed by atoms with Gasteiger partial charge in [-0.2, -0.15) is 0 Å². The molecule has 1 aliphatic carbocycles. The summed E-state index contributed by atoms with van der Waals surface area (Å²) in [7, 11) is -3.53. The molecule has 2 fully saturated rings. The smallest absolute Gasteiger partial charge is 0.258 e. The van der Waals surface area contributed by atoms with Gasteiger partial charge < -0.3 is 14.4 Å². The fourth-order valence-electron chi connectivity index (χ4n) is 5.00. The summed E-state index contributed by atoms with van der Waals surface area (Å²) in [6.07, 6.45) is 6.57. The highest BCUT2D eigenvalue weighted by Crippen LogP contribution is 2.35. The molecule has 7 heteroatoms. The first-order chi connectivity index (χ1) is 15.9. The molecule has 2 aromatic rings. The molecule has 0 N–H and O–H groups in total. The third-order valence-corrected chi connectivity index (χ3v) is 8.35. The van der Waals surface area contributed by atoms with Crippen molar-refractivity contribution in [3.8, 4) is 5.75 Å². The van der Waals surface area contributed by atoms with Crippen molar-refractivity contribution in [2.45, 2.75) is 56.0 Å². The first-order valence-electron chi connectivity index (χ1n) is 11.8. The minimum Gasteiger partial charge on any atom is -0.491 e. The molecular formula is C26H31NO5S. The van der Waals surface area contributed by atoms with Gasteiger partial charge in [-0.1, -0.05) is 30.7 Å². The van der Waals surface area contributed by atoms with Gasteiger partial charge in [0, 0.05) is 32.6 Å². The number of nitrogens with zero attached hydrogens (tertiary/aromatic N) is 1.